The first-order valence-corrected chi connectivity index (χ1v) is 8.63. The van der Waals surface area contributed by atoms with Gasteiger partial charge in [-0.25, -0.2) is 0 Å². The number of anilines is 1. The van der Waals surface area contributed by atoms with Crippen LogP contribution in [0.2, 0.25) is 0 Å². The second-order valence-corrected chi connectivity index (χ2v) is 6.20. The fraction of sp³-hybridized carbons (Fsp3) is 0.238. The van der Waals surface area contributed by atoms with Crippen molar-refractivity contribution in [3.05, 3.63) is 71.3 Å². The first kappa shape index (κ1) is 17.0. The summed E-state index contributed by atoms with van der Waals surface area (Å²) in [5.41, 5.74) is 3.47. The monoisotopic (exact) mass is 334 g/mol. The summed E-state index contributed by atoms with van der Waals surface area (Å²) in [5, 5.41) is 5.86. The third-order valence-corrected chi connectivity index (χ3v) is 4.17. The van der Waals surface area contributed by atoms with Crippen LogP contribution in [0.3, 0.4) is 0 Å². The lowest BCUT2D eigenvalue weighted by molar-refractivity contribution is -0.111. The van der Waals surface area contributed by atoms with Gasteiger partial charge in [-0.1, -0.05) is 37.3 Å². The van der Waals surface area contributed by atoms with Crippen LogP contribution < -0.4 is 10.6 Å². The molecule has 0 heterocycles. The van der Waals surface area contributed by atoms with E-state index in [1.807, 2.05) is 36.4 Å². The Morgan fingerprint density at radius 2 is 1.80 bits per heavy atom. The highest BCUT2D eigenvalue weighted by Crippen LogP contribution is 2.19. The zero-order chi connectivity index (χ0) is 17.6. The predicted octanol–water partition coefficient (Wildman–Crippen LogP) is 3.79. The molecule has 25 heavy (non-hydrogen) atoms. The van der Waals surface area contributed by atoms with Crippen LogP contribution in [0.5, 0.6) is 0 Å². The van der Waals surface area contributed by atoms with Crippen LogP contribution in [0.1, 0.15) is 41.3 Å². The molecule has 3 rings (SSSR count). The Labute approximate surface area is 148 Å². The highest BCUT2D eigenvalue weighted by atomic mass is 16.2. The molecule has 0 aromatic heterocycles. The highest BCUT2D eigenvalue weighted by molar-refractivity contribution is 6.02. The van der Waals surface area contributed by atoms with Crippen LogP contribution in [0.15, 0.2) is 54.6 Å². The van der Waals surface area contributed by atoms with Gasteiger partial charge in [0, 0.05) is 23.4 Å². The maximum absolute atomic E-state index is 12.1. The lowest BCUT2D eigenvalue weighted by Gasteiger charge is -2.07. The van der Waals surface area contributed by atoms with Crippen LogP contribution in [-0.2, 0) is 11.2 Å². The summed E-state index contributed by atoms with van der Waals surface area (Å²) in [4.78, 5) is 24.0. The Morgan fingerprint density at radius 1 is 1.08 bits per heavy atom. The number of aryl methyl sites for hydroxylation is 1. The van der Waals surface area contributed by atoms with Gasteiger partial charge in [0.2, 0.25) is 5.91 Å². The van der Waals surface area contributed by atoms with E-state index < -0.39 is 0 Å². The molecule has 0 saturated heterocycles. The third kappa shape index (κ3) is 4.80. The molecule has 2 aromatic carbocycles. The van der Waals surface area contributed by atoms with E-state index in [4.69, 9.17) is 0 Å². The molecule has 2 aromatic rings. The number of para-hydroxylation sites is 1. The van der Waals surface area contributed by atoms with Gasteiger partial charge in [0.15, 0.2) is 0 Å². The molecule has 128 valence electrons. The van der Waals surface area contributed by atoms with Crippen molar-refractivity contribution >= 4 is 23.6 Å². The molecule has 1 aliphatic rings. The maximum atomic E-state index is 12.1. The first-order valence-electron chi connectivity index (χ1n) is 8.63. The molecule has 4 nitrogen and oxygen atoms in total. The summed E-state index contributed by atoms with van der Waals surface area (Å²) >= 11 is 0. The Balaban J connectivity index is 1.59. The zero-order valence-corrected chi connectivity index (χ0v) is 14.3. The molecule has 1 saturated carbocycles. The largest absolute Gasteiger partial charge is 0.349 e. The fourth-order valence-corrected chi connectivity index (χ4v) is 2.54. The van der Waals surface area contributed by atoms with Crippen molar-refractivity contribution in [2.24, 2.45) is 0 Å². The van der Waals surface area contributed by atoms with Gasteiger partial charge in [-0.05, 0) is 54.7 Å². The van der Waals surface area contributed by atoms with Gasteiger partial charge in [-0.15, -0.1) is 0 Å². The molecular weight excluding hydrogens is 312 g/mol. The van der Waals surface area contributed by atoms with Gasteiger partial charge in [0.25, 0.3) is 5.91 Å². The lowest BCUT2D eigenvalue weighted by atomic mass is 10.1. The minimum Gasteiger partial charge on any atom is -0.349 e. The van der Waals surface area contributed by atoms with Crippen LogP contribution >= 0.6 is 0 Å². The number of hydrogen-bond acceptors (Lipinski definition) is 2. The normalized spacial score (nSPS) is 13.6. The number of carbonyl (C=O) groups is 2. The Morgan fingerprint density at radius 3 is 2.48 bits per heavy atom. The van der Waals surface area contributed by atoms with Gasteiger partial charge in [-0.2, -0.15) is 0 Å². The average Bonchev–Trinajstić information content (AvgIpc) is 3.45. The van der Waals surface area contributed by atoms with E-state index in [1.165, 1.54) is 6.08 Å². The Bertz CT molecular complexity index is 790. The molecular formula is C21H22N2O2. The van der Waals surface area contributed by atoms with Gasteiger partial charge in [-0.3, -0.25) is 9.59 Å². The van der Waals surface area contributed by atoms with Gasteiger partial charge in [0.05, 0.1) is 0 Å². The van der Waals surface area contributed by atoms with E-state index in [-0.39, 0.29) is 11.8 Å². The van der Waals surface area contributed by atoms with E-state index in [2.05, 4.69) is 17.6 Å². The van der Waals surface area contributed by atoms with Gasteiger partial charge >= 0.3 is 0 Å². The van der Waals surface area contributed by atoms with Crippen molar-refractivity contribution in [3.63, 3.8) is 0 Å². The standard InChI is InChI=1S/C21H22N2O2/c1-2-16-5-3-4-6-19(16)23-20(24)14-9-15-7-10-17(11-8-15)21(25)22-18-12-13-18/h3-11,14,18H,2,12-13H2,1H3,(H,22,25)(H,23,24)/b14-9+. The van der Waals surface area contributed by atoms with Crippen LogP contribution in [0, 0.1) is 0 Å². The van der Waals surface area contributed by atoms with Crippen LogP contribution in [0.4, 0.5) is 5.69 Å². The van der Waals surface area contributed by atoms with Crippen molar-refractivity contribution in [1.29, 1.82) is 0 Å². The summed E-state index contributed by atoms with van der Waals surface area (Å²) in [7, 11) is 0. The summed E-state index contributed by atoms with van der Waals surface area (Å²) < 4.78 is 0. The van der Waals surface area contributed by atoms with Crippen molar-refractivity contribution in [1.82, 2.24) is 5.32 Å². The van der Waals surface area contributed by atoms with Crippen LogP contribution in [-0.4, -0.2) is 17.9 Å². The molecule has 1 aliphatic carbocycles. The molecule has 0 bridgehead atoms. The topological polar surface area (TPSA) is 58.2 Å². The number of benzene rings is 2. The Hall–Kier alpha value is -2.88. The maximum Gasteiger partial charge on any atom is 0.251 e. The molecule has 0 radical (unpaired) electrons. The predicted molar refractivity (Wildman–Crippen MR) is 100 cm³/mol. The number of rotatable bonds is 6. The summed E-state index contributed by atoms with van der Waals surface area (Å²) in [5.74, 6) is -0.205. The number of hydrogen-bond donors (Lipinski definition) is 2. The number of amides is 2. The van der Waals surface area contributed by atoms with E-state index in [0.29, 0.717) is 11.6 Å². The third-order valence-electron chi connectivity index (χ3n) is 4.17. The molecule has 4 heteroatoms. The van der Waals surface area contributed by atoms with Crippen molar-refractivity contribution < 1.29 is 9.59 Å². The summed E-state index contributed by atoms with van der Waals surface area (Å²) in [6.45, 7) is 2.06. The van der Waals surface area contributed by atoms with E-state index in [0.717, 1.165) is 36.1 Å². The van der Waals surface area contributed by atoms with Crippen molar-refractivity contribution in [3.8, 4) is 0 Å². The summed E-state index contributed by atoms with van der Waals surface area (Å²) in [6.07, 6.45) is 6.26. The minimum atomic E-state index is -0.170. The van der Waals surface area contributed by atoms with Gasteiger partial charge < -0.3 is 10.6 Å². The van der Waals surface area contributed by atoms with Crippen molar-refractivity contribution in [2.75, 3.05) is 5.32 Å². The zero-order valence-electron chi connectivity index (χ0n) is 14.3. The number of carbonyl (C=O) groups excluding carboxylic acids is 2. The van der Waals surface area contributed by atoms with E-state index in [9.17, 15) is 9.59 Å². The molecule has 1 fully saturated rings. The van der Waals surface area contributed by atoms with Gasteiger partial charge in [0.1, 0.15) is 0 Å². The fourth-order valence-electron chi connectivity index (χ4n) is 2.54. The highest BCUT2D eigenvalue weighted by Gasteiger charge is 2.23. The molecule has 0 unspecified atom stereocenters. The molecule has 0 spiro atoms. The van der Waals surface area contributed by atoms with Crippen LogP contribution in [0.25, 0.3) is 6.08 Å². The average molecular weight is 334 g/mol. The SMILES string of the molecule is CCc1ccccc1NC(=O)/C=C/c1ccc(C(=O)NC2CC2)cc1. The second-order valence-electron chi connectivity index (χ2n) is 6.20. The molecule has 0 atom stereocenters. The lowest BCUT2D eigenvalue weighted by Crippen LogP contribution is -2.25. The molecule has 2 amide bonds. The minimum absolute atomic E-state index is 0.0352. The first-order chi connectivity index (χ1) is 12.2. The summed E-state index contributed by atoms with van der Waals surface area (Å²) in [6, 6.07) is 15.4. The Kier molecular flexibility index (Phi) is 5.29. The quantitative estimate of drug-likeness (QED) is 0.790. The second kappa shape index (κ2) is 7.79. The molecule has 0 aliphatic heterocycles. The smallest absolute Gasteiger partial charge is 0.251 e. The molecule has 2 N–H and O–H groups in total. The van der Waals surface area contributed by atoms with E-state index >= 15 is 0 Å². The van der Waals surface area contributed by atoms with E-state index in [1.54, 1.807) is 18.2 Å². The van der Waals surface area contributed by atoms with Crippen molar-refractivity contribution in [2.45, 2.75) is 32.2 Å². The number of nitrogens with one attached hydrogen (secondary N) is 2.